The largest absolute Gasteiger partial charge is 0.304 e. The molecule has 0 radical (unpaired) electrons. The molecule has 0 bridgehead atoms. The fourth-order valence-corrected chi connectivity index (χ4v) is 2.15. The highest BCUT2D eigenvalue weighted by Gasteiger charge is 2.15. The summed E-state index contributed by atoms with van der Waals surface area (Å²) in [4.78, 5) is 11.7. The second kappa shape index (κ2) is 5.37. The molecule has 21 heavy (non-hydrogen) atoms. The fourth-order valence-electron chi connectivity index (χ4n) is 1.71. The number of anilines is 1. The molecule has 9 heteroatoms. The zero-order chi connectivity index (χ0) is 14.8. The van der Waals surface area contributed by atoms with Crippen LogP contribution in [0.1, 0.15) is 10.5 Å². The van der Waals surface area contributed by atoms with Crippen LogP contribution in [0.2, 0.25) is 0 Å². The van der Waals surface area contributed by atoms with Crippen LogP contribution < -0.4 is 5.32 Å². The first-order chi connectivity index (χ1) is 10.1. The highest BCUT2D eigenvalue weighted by atomic mass is 32.1. The summed E-state index contributed by atoms with van der Waals surface area (Å²) in [6, 6.07) is 4.87. The molecule has 0 fully saturated rings. The molecule has 3 aromatic rings. The maximum absolute atomic E-state index is 13.6. The quantitative estimate of drug-likeness (QED) is 0.778. The monoisotopic (exact) mass is 307 g/mol. The summed E-state index contributed by atoms with van der Waals surface area (Å²) in [6.07, 6.45) is 0. The molecule has 0 aliphatic heterocycles. The van der Waals surface area contributed by atoms with Gasteiger partial charge in [-0.05, 0) is 23.7 Å². The summed E-state index contributed by atoms with van der Waals surface area (Å²) in [5.74, 6) is -1.82. The third-order valence-electron chi connectivity index (χ3n) is 2.64. The van der Waals surface area contributed by atoms with E-state index in [9.17, 15) is 13.6 Å². The number of nitrogens with zero attached hydrogens (tertiary/aromatic N) is 3. The number of hydrogen-bond donors (Lipinski definition) is 2. The SMILES string of the molecule is O=C(Nc1cc(-c2c(F)cccc2F)[nH]n1)c1csnn1. The molecule has 1 aromatic carbocycles. The van der Waals surface area contributed by atoms with Crippen molar-refractivity contribution in [2.24, 2.45) is 0 Å². The van der Waals surface area contributed by atoms with Crippen molar-refractivity contribution in [1.82, 2.24) is 19.8 Å². The van der Waals surface area contributed by atoms with E-state index in [0.717, 1.165) is 23.7 Å². The maximum Gasteiger partial charge on any atom is 0.278 e. The second-order valence-electron chi connectivity index (χ2n) is 4.01. The number of benzene rings is 1. The van der Waals surface area contributed by atoms with Crippen molar-refractivity contribution in [3.05, 3.63) is 47.0 Å². The van der Waals surface area contributed by atoms with E-state index in [1.807, 2.05) is 0 Å². The highest BCUT2D eigenvalue weighted by molar-refractivity contribution is 7.03. The van der Waals surface area contributed by atoms with Gasteiger partial charge in [-0.15, -0.1) is 5.10 Å². The van der Waals surface area contributed by atoms with E-state index in [-0.39, 0.29) is 22.8 Å². The molecule has 0 saturated heterocycles. The molecule has 2 aromatic heterocycles. The Morgan fingerprint density at radius 1 is 1.29 bits per heavy atom. The van der Waals surface area contributed by atoms with Gasteiger partial charge in [0.25, 0.3) is 5.91 Å². The zero-order valence-electron chi connectivity index (χ0n) is 10.3. The lowest BCUT2D eigenvalue weighted by atomic mass is 10.1. The fraction of sp³-hybridized carbons (Fsp3) is 0. The molecule has 0 unspecified atom stereocenters. The Morgan fingerprint density at radius 3 is 2.71 bits per heavy atom. The van der Waals surface area contributed by atoms with Gasteiger partial charge in [0.1, 0.15) is 11.6 Å². The molecule has 0 aliphatic carbocycles. The number of H-pyrrole nitrogens is 1. The lowest BCUT2D eigenvalue weighted by Gasteiger charge is -2.00. The Morgan fingerprint density at radius 2 is 2.05 bits per heavy atom. The standard InChI is InChI=1S/C12H7F2N5OS/c13-6-2-1-3-7(14)11(6)8-4-10(18-16-8)15-12(20)9-5-21-19-17-9/h1-5H,(H2,15,16,18,20). The van der Waals surface area contributed by atoms with Crippen molar-refractivity contribution in [3.63, 3.8) is 0 Å². The van der Waals surface area contributed by atoms with Gasteiger partial charge in [0.05, 0.1) is 11.3 Å². The Hall–Kier alpha value is -2.68. The minimum Gasteiger partial charge on any atom is -0.304 e. The number of carbonyl (C=O) groups is 1. The van der Waals surface area contributed by atoms with Gasteiger partial charge in [0, 0.05) is 11.4 Å². The molecule has 3 rings (SSSR count). The summed E-state index contributed by atoms with van der Waals surface area (Å²) in [7, 11) is 0. The van der Waals surface area contributed by atoms with Gasteiger partial charge in [0.2, 0.25) is 0 Å². The first-order valence-electron chi connectivity index (χ1n) is 5.73. The van der Waals surface area contributed by atoms with Crippen LogP contribution in [0.5, 0.6) is 0 Å². The Kier molecular flexibility index (Phi) is 3.40. The van der Waals surface area contributed by atoms with Crippen LogP contribution in [0, 0.1) is 11.6 Å². The van der Waals surface area contributed by atoms with Crippen LogP contribution in [0.3, 0.4) is 0 Å². The zero-order valence-corrected chi connectivity index (χ0v) is 11.1. The number of halogens is 2. The lowest BCUT2D eigenvalue weighted by Crippen LogP contribution is -2.12. The van der Waals surface area contributed by atoms with Crippen molar-refractivity contribution in [3.8, 4) is 11.3 Å². The number of carbonyl (C=O) groups excluding carboxylic acids is 1. The van der Waals surface area contributed by atoms with E-state index in [1.54, 1.807) is 0 Å². The molecule has 2 heterocycles. The number of rotatable bonds is 3. The van der Waals surface area contributed by atoms with Crippen molar-refractivity contribution in [1.29, 1.82) is 0 Å². The third-order valence-corrected chi connectivity index (χ3v) is 3.15. The second-order valence-corrected chi connectivity index (χ2v) is 4.62. The Bertz CT molecular complexity index is 767. The first-order valence-corrected chi connectivity index (χ1v) is 6.57. The number of nitrogens with one attached hydrogen (secondary N) is 2. The normalized spacial score (nSPS) is 10.6. The molecule has 0 atom stereocenters. The van der Waals surface area contributed by atoms with Crippen molar-refractivity contribution >= 4 is 23.3 Å². The van der Waals surface area contributed by atoms with Gasteiger partial charge in [-0.3, -0.25) is 9.89 Å². The van der Waals surface area contributed by atoms with Crippen LogP contribution in [0.25, 0.3) is 11.3 Å². The van der Waals surface area contributed by atoms with Gasteiger partial charge in [0.15, 0.2) is 11.5 Å². The minimum absolute atomic E-state index is 0.123. The van der Waals surface area contributed by atoms with Crippen LogP contribution >= 0.6 is 11.5 Å². The van der Waals surface area contributed by atoms with Gasteiger partial charge in [-0.1, -0.05) is 10.6 Å². The van der Waals surface area contributed by atoms with Crippen molar-refractivity contribution < 1.29 is 13.6 Å². The van der Waals surface area contributed by atoms with E-state index in [1.165, 1.54) is 17.5 Å². The van der Waals surface area contributed by atoms with Crippen molar-refractivity contribution in [2.75, 3.05) is 5.32 Å². The van der Waals surface area contributed by atoms with Gasteiger partial charge >= 0.3 is 0 Å². The average Bonchev–Trinajstić information content (AvgIpc) is 3.10. The van der Waals surface area contributed by atoms with E-state index >= 15 is 0 Å². The highest BCUT2D eigenvalue weighted by Crippen LogP contribution is 2.25. The van der Waals surface area contributed by atoms with Crippen molar-refractivity contribution in [2.45, 2.75) is 0 Å². The summed E-state index contributed by atoms with van der Waals surface area (Å²) in [5, 5.41) is 13.8. The Labute approximate surface area is 121 Å². The third kappa shape index (κ3) is 2.63. The minimum atomic E-state index is -0.722. The average molecular weight is 307 g/mol. The molecular formula is C12H7F2N5OS. The number of hydrogen-bond acceptors (Lipinski definition) is 5. The number of aromatic nitrogens is 4. The van der Waals surface area contributed by atoms with Gasteiger partial charge < -0.3 is 5.32 Å². The molecule has 0 saturated carbocycles. The number of amides is 1. The summed E-state index contributed by atoms with van der Waals surface area (Å²) < 4.78 is 30.8. The molecule has 0 aliphatic rings. The molecule has 0 spiro atoms. The molecule has 2 N–H and O–H groups in total. The van der Waals surface area contributed by atoms with E-state index < -0.39 is 17.5 Å². The topological polar surface area (TPSA) is 83.6 Å². The van der Waals surface area contributed by atoms with Crippen LogP contribution in [-0.4, -0.2) is 25.7 Å². The predicted octanol–water partition coefficient (Wildman–Crippen LogP) is 2.46. The summed E-state index contributed by atoms with van der Waals surface area (Å²) in [5.41, 5.74) is 0.0275. The smallest absolute Gasteiger partial charge is 0.278 e. The van der Waals surface area contributed by atoms with Gasteiger partial charge in [-0.25, -0.2) is 8.78 Å². The molecular weight excluding hydrogens is 300 g/mol. The molecule has 106 valence electrons. The van der Waals surface area contributed by atoms with Crippen LogP contribution in [0.4, 0.5) is 14.6 Å². The van der Waals surface area contributed by atoms with E-state index in [4.69, 9.17) is 0 Å². The lowest BCUT2D eigenvalue weighted by molar-refractivity contribution is 0.102. The Balaban J connectivity index is 1.85. The van der Waals surface area contributed by atoms with Crippen LogP contribution in [-0.2, 0) is 0 Å². The number of aromatic amines is 1. The summed E-state index contributed by atoms with van der Waals surface area (Å²) in [6.45, 7) is 0. The van der Waals surface area contributed by atoms with Gasteiger partial charge in [-0.2, -0.15) is 5.10 Å². The maximum atomic E-state index is 13.6. The summed E-state index contributed by atoms with van der Waals surface area (Å²) >= 11 is 1.04. The van der Waals surface area contributed by atoms with E-state index in [2.05, 4.69) is 25.1 Å². The first kappa shape index (κ1) is 13.3. The molecule has 1 amide bonds. The van der Waals surface area contributed by atoms with Crippen LogP contribution in [0.15, 0.2) is 29.6 Å². The predicted molar refractivity (Wildman–Crippen MR) is 71.8 cm³/mol. The molecule has 6 nitrogen and oxygen atoms in total. The van der Waals surface area contributed by atoms with E-state index in [0.29, 0.717) is 0 Å².